The number of carbonyl (C=O) groups excluding carboxylic acids is 2. The molecule has 0 aromatic heterocycles. The number of benzene rings is 2. The number of rotatable bonds is 4. The fraction of sp³-hybridized carbons (Fsp3) is 0.333. The summed E-state index contributed by atoms with van der Waals surface area (Å²) in [6.45, 7) is 3.93. The molecule has 1 heterocycles. The van der Waals surface area contributed by atoms with Gasteiger partial charge in [0.1, 0.15) is 5.92 Å². The van der Waals surface area contributed by atoms with Crippen LogP contribution in [0.2, 0.25) is 0 Å². The number of urea groups is 1. The van der Waals surface area contributed by atoms with Crippen LogP contribution in [-0.4, -0.2) is 28.8 Å². The first kappa shape index (κ1) is 20.9. The number of aliphatic hydroxyl groups is 1. The Morgan fingerprint density at radius 2 is 1.66 bits per heavy atom. The molecule has 8 heteroatoms. The van der Waals surface area contributed by atoms with E-state index in [1.807, 2.05) is 13.8 Å². The van der Waals surface area contributed by atoms with E-state index in [0.29, 0.717) is 5.56 Å². The second-order valence-electron chi connectivity index (χ2n) is 7.37. The Bertz CT molecular complexity index is 898. The molecule has 3 atom stereocenters. The number of nitrogens with one attached hydrogen (secondary N) is 2. The molecule has 2 aromatic carbocycles. The summed E-state index contributed by atoms with van der Waals surface area (Å²) in [5.41, 5.74) is -2.47. The van der Waals surface area contributed by atoms with Crippen LogP contribution >= 0.6 is 0 Å². The number of ketones is 1. The van der Waals surface area contributed by atoms with Crippen LogP contribution in [0.4, 0.5) is 18.0 Å². The lowest BCUT2D eigenvalue weighted by Gasteiger charge is -2.45. The van der Waals surface area contributed by atoms with Crippen molar-refractivity contribution in [3.63, 3.8) is 0 Å². The number of alkyl halides is 3. The summed E-state index contributed by atoms with van der Waals surface area (Å²) < 4.78 is 41.5. The number of hydrogen-bond acceptors (Lipinski definition) is 3. The van der Waals surface area contributed by atoms with Gasteiger partial charge in [-0.15, -0.1) is 0 Å². The van der Waals surface area contributed by atoms with E-state index in [1.54, 1.807) is 30.3 Å². The van der Waals surface area contributed by atoms with Gasteiger partial charge in [0.15, 0.2) is 5.78 Å². The first-order valence-electron chi connectivity index (χ1n) is 9.11. The van der Waals surface area contributed by atoms with Gasteiger partial charge in [-0.1, -0.05) is 68.4 Å². The smallest absolute Gasteiger partial charge is 0.363 e. The van der Waals surface area contributed by atoms with Crippen molar-refractivity contribution in [3.05, 3.63) is 71.3 Å². The van der Waals surface area contributed by atoms with Crippen molar-refractivity contribution in [1.82, 2.24) is 10.6 Å². The summed E-state index contributed by atoms with van der Waals surface area (Å²) in [7, 11) is 0. The van der Waals surface area contributed by atoms with E-state index in [1.165, 1.54) is 29.6 Å². The van der Waals surface area contributed by atoms with Crippen molar-refractivity contribution >= 4 is 11.8 Å². The number of halogens is 3. The average molecular weight is 406 g/mol. The molecule has 1 fully saturated rings. The number of carbonyl (C=O) groups is 2. The quantitative estimate of drug-likeness (QED) is 0.674. The molecule has 2 amide bonds. The van der Waals surface area contributed by atoms with Crippen molar-refractivity contribution < 1.29 is 27.9 Å². The average Bonchev–Trinajstić information content (AvgIpc) is 2.67. The maximum atomic E-state index is 13.8. The van der Waals surface area contributed by atoms with Crippen LogP contribution in [0.3, 0.4) is 0 Å². The van der Waals surface area contributed by atoms with Crippen LogP contribution in [0, 0.1) is 5.92 Å². The van der Waals surface area contributed by atoms with Gasteiger partial charge < -0.3 is 15.7 Å². The maximum Gasteiger partial charge on any atom is 0.437 e. The van der Waals surface area contributed by atoms with Crippen molar-refractivity contribution in [2.75, 3.05) is 0 Å². The molecule has 1 saturated heterocycles. The van der Waals surface area contributed by atoms with Gasteiger partial charge in [0.05, 0.1) is 6.04 Å². The molecule has 0 radical (unpaired) electrons. The van der Waals surface area contributed by atoms with Gasteiger partial charge in [-0.3, -0.25) is 4.79 Å². The summed E-state index contributed by atoms with van der Waals surface area (Å²) >= 11 is 0. The minimum atomic E-state index is -5.27. The monoisotopic (exact) mass is 406 g/mol. The van der Waals surface area contributed by atoms with Crippen LogP contribution in [0.1, 0.15) is 47.3 Å². The van der Waals surface area contributed by atoms with E-state index >= 15 is 0 Å². The largest absolute Gasteiger partial charge is 0.437 e. The Labute approximate surface area is 165 Å². The lowest BCUT2D eigenvalue weighted by atomic mass is 9.77. The summed E-state index contributed by atoms with van der Waals surface area (Å²) in [6.07, 6.45) is -5.27. The highest BCUT2D eigenvalue weighted by Gasteiger charge is 2.66. The lowest BCUT2D eigenvalue weighted by molar-refractivity contribution is -0.287. The third-order valence-electron chi connectivity index (χ3n) is 5.11. The Morgan fingerprint density at radius 1 is 1.07 bits per heavy atom. The van der Waals surface area contributed by atoms with Crippen LogP contribution in [0.15, 0.2) is 54.6 Å². The van der Waals surface area contributed by atoms with E-state index in [4.69, 9.17) is 0 Å². The van der Waals surface area contributed by atoms with Gasteiger partial charge in [-0.05, 0) is 17.0 Å². The predicted octanol–water partition coefficient (Wildman–Crippen LogP) is 3.91. The molecule has 0 aliphatic carbocycles. The minimum Gasteiger partial charge on any atom is -0.363 e. The summed E-state index contributed by atoms with van der Waals surface area (Å²) in [5.74, 6) is -2.76. The van der Waals surface area contributed by atoms with E-state index in [-0.39, 0.29) is 11.5 Å². The lowest BCUT2D eigenvalue weighted by Crippen LogP contribution is -2.72. The van der Waals surface area contributed by atoms with E-state index in [0.717, 1.165) is 5.56 Å². The Kier molecular flexibility index (Phi) is 5.40. The fourth-order valence-corrected chi connectivity index (χ4v) is 3.49. The highest BCUT2D eigenvalue weighted by molar-refractivity contribution is 6.00. The molecule has 3 rings (SSSR count). The summed E-state index contributed by atoms with van der Waals surface area (Å²) in [5, 5.41) is 14.4. The molecule has 0 saturated carbocycles. The van der Waals surface area contributed by atoms with Crippen LogP contribution in [0.5, 0.6) is 0 Å². The van der Waals surface area contributed by atoms with Crippen molar-refractivity contribution in [2.24, 2.45) is 5.92 Å². The first-order chi connectivity index (χ1) is 13.5. The summed E-state index contributed by atoms with van der Waals surface area (Å²) in [6, 6.07) is 11.4. The van der Waals surface area contributed by atoms with E-state index < -0.39 is 35.7 Å². The third-order valence-corrected chi connectivity index (χ3v) is 5.11. The number of amides is 2. The molecule has 2 aromatic rings. The fourth-order valence-electron chi connectivity index (χ4n) is 3.49. The third kappa shape index (κ3) is 3.85. The SMILES string of the molecule is CC(C)c1ccc([C@H]2NC(=O)N[C@@](O)(C(F)(F)F)[C@H]2C(=O)c2ccccc2)cc1. The van der Waals surface area contributed by atoms with E-state index in [9.17, 15) is 27.9 Å². The van der Waals surface area contributed by atoms with Crippen LogP contribution < -0.4 is 10.6 Å². The van der Waals surface area contributed by atoms with Crippen molar-refractivity contribution in [1.29, 1.82) is 0 Å². The first-order valence-corrected chi connectivity index (χ1v) is 9.11. The molecule has 0 spiro atoms. The topological polar surface area (TPSA) is 78.4 Å². The maximum absolute atomic E-state index is 13.8. The highest BCUT2D eigenvalue weighted by atomic mass is 19.4. The van der Waals surface area contributed by atoms with E-state index in [2.05, 4.69) is 5.32 Å². The van der Waals surface area contributed by atoms with Gasteiger partial charge in [0, 0.05) is 5.56 Å². The van der Waals surface area contributed by atoms with Gasteiger partial charge in [0.2, 0.25) is 5.72 Å². The minimum absolute atomic E-state index is 0.00178. The van der Waals surface area contributed by atoms with Crippen molar-refractivity contribution in [2.45, 2.75) is 37.7 Å². The standard InChI is InChI=1S/C21H21F3N2O3/c1-12(2)13-8-10-14(11-9-13)17-16(18(27)15-6-4-3-5-7-15)20(29,21(22,23)24)26-19(28)25-17/h3-12,16-17,29H,1-2H3,(H2,25,26,28)/t16-,17-,20+/m1/s1. The molecule has 1 aliphatic rings. The second-order valence-corrected chi connectivity index (χ2v) is 7.37. The Hall–Kier alpha value is -2.87. The Morgan fingerprint density at radius 3 is 2.17 bits per heavy atom. The Balaban J connectivity index is 2.13. The molecule has 0 bridgehead atoms. The zero-order valence-corrected chi connectivity index (χ0v) is 15.8. The highest BCUT2D eigenvalue weighted by Crippen LogP contribution is 2.44. The zero-order valence-electron chi connectivity index (χ0n) is 15.8. The normalized spacial score (nSPS) is 24.7. The van der Waals surface area contributed by atoms with Gasteiger partial charge in [0.25, 0.3) is 0 Å². The molecule has 5 nitrogen and oxygen atoms in total. The zero-order chi connectivity index (χ0) is 21.4. The van der Waals surface area contributed by atoms with Gasteiger partial charge >= 0.3 is 12.2 Å². The number of hydrogen-bond donors (Lipinski definition) is 3. The predicted molar refractivity (Wildman–Crippen MR) is 100 cm³/mol. The van der Waals surface area contributed by atoms with Gasteiger partial charge in [-0.2, -0.15) is 13.2 Å². The second kappa shape index (κ2) is 7.51. The van der Waals surface area contributed by atoms with Crippen molar-refractivity contribution in [3.8, 4) is 0 Å². The molecule has 3 N–H and O–H groups in total. The molecule has 1 aliphatic heterocycles. The molecule has 29 heavy (non-hydrogen) atoms. The summed E-state index contributed by atoms with van der Waals surface area (Å²) in [4.78, 5) is 25.1. The number of Topliss-reactive ketones (excluding diaryl/α,β-unsaturated/α-hetero) is 1. The molecular weight excluding hydrogens is 385 g/mol. The molecular formula is C21H21F3N2O3. The van der Waals surface area contributed by atoms with Crippen LogP contribution in [0.25, 0.3) is 0 Å². The van der Waals surface area contributed by atoms with Gasteiger partial charge in [-0.25, -0.2) is 4.79 Å². The molecule has 0 unspecified atom stereocenters. The van der Waals surface area contributed by atoms with Crippen LogP contribution in [-0.2, 0) is 0 Å². The molecule has 154 valence electrons.